The summed E-state index contributed by atoms with van der Waals surface area (Å²) in [4.78, 5) is 14.8. The molecule has 2 aliphatic heterocycles. The summed E-state index contributed by atoms with van der Waals surface area (Å²) in [6.45, 7) is 11.6. The molecule has 0 spiro atoms. The van der Waals surface area contributed by atoms with E-state index in [1.165, 1.54) is 0 Å². The van der Waals surface area contributed by atoms with E-state index in [2.05, 4.69) is 25.2 Å². The van der Waals surface area contributed by atoms with Gasteiger partial charge in [0.25, 0.3) is 0 Å². The van der Waals surface area contributed by atoms with E-state index in [0.29, 0.717) is 19.6 Å². The molecule has 258 valence electrons. The lowest BCUT2D eigenvalue weighted by atomic mass is 9.96. The molecule has 1 saturated carbocycles. The normalized spacial score (nSPS) is 19.8. The number of nitrogens with two attached hydrogens (primary N) is 2. The average Bonchev–Trinajstić information content (AvgIpc) is 3.77. The van der Waals surface area contributed by atoms with Crippen molar-refractivity contribution in [1.82, 2.24) is 25.2 Å². The number of ether oxygens (including phenoxy) is 3. The zero-order valence-corrected chi connectivity index (χ0v) is 27.1. The van der Waals surface area contributed by atoms with Gasteiger partial charge in [0.05, 0.1) is 42.7 Å². The van der Waals surface area contributed by atoms with E-state index in [-0.39, 0.29) is 41.2 Å². The Morgan fingerprint density at radius 3 is 2.38 bits per heavy atom. The van der Waals surface area contributed by atoms with E-state index in [4.69, 9.17) is 25.7 Å². The zero-order chi connectivity index (χ0) is 34.1. The van der Waals surface area contributed by atoms with E-state index in [1.54, 1.807) is 6.92 Å². The highest BCUT2D eigenvalue weighted by Crippen LogP contribution is 2.47. The van der Waals surface area contributed by atoms with Crippen LogP contribution in [0.5, 0.6) is 11.9 Å². The predicted molar refractivity (Wildman–Crippen MR) is 168 cm³/mol. The molecule has 47 heavy (non-hydrogen) atoms. The number of aryl methyl sites for hydroxylation is 1. The summed E-state index contributed by atoms with van der Waals surface area (Å²) in [5, 5.41) is 3.09. The van der Waals surface area contributed by atoms with Crippen molar-refractivity contribution in [3.8, 4) is 23.1 Å². The van der Waals surface area contributed by atoms with Crippen LogP contribution in [0, 0.1) is 24.0 Å². The molecule has 2 unspecified atom stereocenters. The average molecular weight is 668 g/mol. The van der Waals surface area contributed by atoms with Crippen LogP contribution in [0.25, 0.3) is 22.2 Å². The van der Waals surface area contributed by atoms with E-state index in [9.17, 15) is 13.2 Å². The Hall–Kier alpha value is -3.56. The van der Waals surface area contributed by atoms with Gasteiger partial charge in [0.1, 0.15) is 22.4 Å². The molecule has 6 rings (SSSR count). The van der Waals surface area contributed by atoms with E-state index in [0.717, 1.165) is 58.4 Å². The molecule has 4 heterocycles. The van der Waals surface area contributed by atoms with E-state index < -0.39 is 57.5 Å². The number of anilines is 2. The number of halogens is 5. The number of nitrogens with zero attached hydrogens (tertiary/aromatic N) is 4. The van der Waals surface area contributed by atoms with Gasteiger partial charge in [-0.05, 0) is 57.7 Å². The molecule has 0 amide bonds. The second-order valence-electron chi connectivity index (χ2n) is 12.3. The third-order valence-electron chi connectivity index (χ3n) is 8.75. The number of alkyl halides is 3. The fourth-order valence-electron chi connectivity index (χ4n) is 6.03. The van der Waals surface area contributed by atoms with Crippen LogP contribution in [0.2, 0.25) is 0 Å². The maximum Gasteiger partial charge on any atom is 0.417 e. The van der Waals surface area contributed by atoms with Crippen LogP contribution in [0.1, 0.15) is 57.6 Å². The molecule has 3 aromatic rings. The maximum atomic E-state index is 16.4. The SMILES string of the molecule is CC.Cc1cc(N)c(F)c(-c2nc(OC(C)CC3CCN3)c3c(N)nc(OCC4(CN5CCOCC5)CC4)nc3c2F)c1C(F)(F)F. The number of rotatable bonds is 10. The number of benzene rings is 1. The summed E-state index contributed by atoms with van der Waals surface area (Å²) in [5.41, 5.74) is 6.87. The predicted octanol–water partition coefficient (Wildman–Crippen LogP) is 5.50. The first-order valence-electron chi connectivity index (χ1n) is 16.0. The highest BCUT2D eigenvalue weighted by Gasteiger charge is 2.45. The third kappa shape index (κ3) is 7.46. The van der Waals surface area contributed by atoms with Crippen LogP contribution in [0.4, 0.5) is 33.5 Å². The van der Waals surface area contributed by atoms with Crippen LogP contribution < -0.4 is 26.3 Å². The topological polar surface area (TPSA) is 134 Å². The van der Waals surface area contributed by atoms with E-state index >= 15 is 8.78 Å². The van der Waals surface area contributed by atoms with Crippen molar-refractivity contribution in [1.29, 1.82) is 0 Å². The fraction of sp³-hybridized carbons (Fsp3) is 0.594. The minimum Gasteiger partial charge on any atom is -0.474 e. The molecule has 15 heteroatoms. The Morgan fingerprint density at radius 1 is 1.11 bits per heavy atom. The summed E-state index contributed by atoms with van der Waals surface area (Å²) in [7, 11) is 0. The van der Waals surface area contributed by atoms with Gasteiger partial charge in [-0.3, -0.25) is 4.90 Å². The molecular weight excluding hydrogens is 625 g/mol. The molecule has 2 saturated heterocycles. The van der Waals surface area contributed by atoms with E-state index in [1.807, 2.05) is 13.8 Å². The van der Waals surface area contributed by atoms with Crippen LogP contribution in [-0.2, 0) is 10.9 Å². The summed E-state index contributed by atoms with van der Waals surface area (Å²) in [6, 6.07) is 0.753. The first-order valence-corrected chi connectivity index (χ1v) is 16.0. The molecule has 0 radical (unpaired) electrons. The standard InChI is InChI=1S/C30H36F5N7O3.C2H6/c1-15-11-18(36)22(31)19(21(15)30(33,34)35)24-23(32)25-20(27(39-24)45-16(2)12-17-3-6-38-17)26(37)41-28(40-25)44-14-29(4-5-29)13-42-7-9-43-10-8-42;1-2/h11,16-17,38H,3-10,12-14,36H2,1-2H3,(H2,37,40,41);1-2H3. The van der Waals surface area contributed by atoms with Gasteiger partial charge in [0.2, 0.25) is 5.88 Å². The molecule has 1 aromatic carbocycles. The lowest BCUT2D eigenvalue weighted by Gasteiger charge is -2.30. The molecule has 3 fully saturated rings. The third-order valence-corrected chi connectivity index (χ3v) is 8.75. The van der Waals surface area contributed by atoms with Crippen molar-refractivity contribution in [2.75, 3.05) is 57.5 Å². The van der Waals surface area contributed by atoms with Crippen molar-refractivity contribution in [3.05, 3.63) is 28.8 Å². The van der Waals surface area contributed by atoms with Gasteiger partial charge in [-0.15, -0.1) is 0 Å². The second-order valence-corrected chi connectivity index (χ2v) is 12.3. The lowest BCUT2D eigenvalue weighted by Crippen LogP contribution is -2.45. The lowest BCUT2D eigenvalue weighted by molar-refractivity contribution is -0.137. The smallest absolute Gasteiger partial charge is 0.417 e. The number of fused-ring (bicyclic) bond motifs is 1. The van der Waals surface area contributed by atoms with Crippen molar-refractivity contribution < 1.29 is 36.2 Å². The Morgan fingerprint density at radius 2 is 1.79 bits per heavy atom. The van der Waals surface area contributed by atoms with Gasteiger partial charge in [-0.2, -0.15) is 23.1 Å². The first kappa shape index (κ1) is 34.8. The number of aromatic nitrogens is 3. The summed E-state index contributed by atoms with van der Waals surface area (Å²) < 4.78 is 92.2. The quantitative estimate of drug-likeness (QED) is 0.188. The number of hydrogen-bond donors (Lipinski definition) is 3. The highest BCUT2D eigenvalue weighted by atomic mass is 19.4. The molecule has 2 atom stereocenters. The molecular formula is C32H42F5N7O3. The highest BCUT2D eigenvalue weighted by molar-refractivity contribution is 5.96. The van der Waals surface area contributed by atoms with Crippen LogP contribution in [0.3, 0.4) is 0 Å². The van der Waals surface area contributed by atoms with Crippen LogP contribution in [0.15, 0.2) is 6.07 Å². The van der Waals surface area contributed by atoms with Gasteiger partial charge >= 0.3 is 12.2 Å². The Bertz CT molecular complexity index is 1590. The van der Waals surface area contributed by atoms with Gasteiger partial charge < -0.3 is 31.0 Å². The van der Waals surface area contributed by atoms with Crippen LogP contribution in [-0.4, -0.2) is 78.0 Å². The summed E-state index contributed by atoms with van der Waals surface area (Å²) in [5.74, 6) is -3.37. The summed E-state index contributed by atoms with van der Waals surface area (Å²) >= 11 is 0. The maximum absolute atomic E-state index is 16.4. The minimum absolute atomic E-state index is 0.143. The van der Waals surface area contributed by atoms with Crippen molar-refractivity contribution in [2.24, 2.45) is 5.41 Å². The fourth-order valence-corrected chi connectivity index (χ4v) is 6.03. The van der Waals surface area contributed by atoms with Crippen molar-refractivity contribution in [3.63, 3.8) is 0 Å². The summed E-state index contributed by atoms with van der Waals surface area (Å²) in [6.07, 6.45) is -2.30. The van der Waals surface area contributed by atoms with Crippen molar-refractivity contribution >= 4 is 22.4 Å². The van der Waals surface area contributed by atoms with Crippen LogP contribution >= 0.6 is 0 Å². The number of morpholine rings is 1. The van der Waals surface area contributed by atoms with Gasteiger partial charge in [-0.1, -0.05) is 13.8 Å². The van der Waals surface area contributed by atoms with Gasteiger partial charge in [-0.25, -0.2) is 13.8 Å². The van der Waals surface area contributed by atoms with Gasteiger partial charge in [0.15, 0.2) is 11.6 Å². The van der Waals surface area contributed by atoms with Crippen molar-refractivity contribution in [2.45, 2.75) is 71.7 Å². The number of hydrogen-bond acceptors (Lipinski definition) is 10. The molecule has 1 aliphatic carbocycles. The zero-order valence-electron chi connectivity index (χ0n) is 27.1. The number of nitrogens with one attached hydrogen (secondary N) is 1. The Balaban J connectivity index is 0.00000213. The molecule has 2 aromatic heterocycles. The number of nitrogen functional groups attached to an aromatic ring is 2. The van der Waals surface area contributed by atoms with Gasteiger partial charge in [0, 0.05) is 31.1 Å². The molecule has 0 bridgehead atoms. The monoisotopic (exact) mass is 667 g/mol. The Kier molecular flexibility index (Phi) is 10.3. The minimum atomic E-state index is -5.06. The molecule has 3 aliphatic rings. The Labute approximate surface area is 270 Å². The molecule has 5 N–H and O–H groups in total. The molecule has 10 nitrogen and oxygen atoms in total. The second kappa shape index (κ2) is 13.9. The number of pyridine rings is 1. The largest absolute Gasteiger partial charge is 0.474 e. The first-order chi connectivity index (χ1) is 22.3.